The molecule has 0 amide bonds. The van der Waals surface area contributed by atoms with Gasteiger partial charge in [-0.1, -0.05) is 0 Å². The van der Waals surface area contributed by atoms with Crippen LogP contribution >= 0.6 is 0 Å². The minimum absolute atomic E-state index is 0.278. The van der Waals surface area contributed by atoms with E-state index in [1.165, 1.54) is 12.8 Å². The van der Waals surface area contributed by atoms with Gasteiger partial charge < -0.3 is 0 Å². The number of hydrogen-bond donors (Lipinski definition) is 0. The summed E-state index contributed by atoms with van der Waals surface area (Å²) in [5.41, 5.74) is 3.62. The molecule has 0 aromatic rings. The van der Waals surface area contributed by atoms with E-state index in [9.17, 15) is 0 Å². The van der Waals surface area contributed by atoms with Gasteiger partial charge >= 0.3 is 104 Å². The molecule has 0 spiro atoms. The van der Waals surface area contributed by atoms with Crippen molar-refractivity contribution in [1.82, 2.24) is 0 Å². The average Bonchev–Trinajstić information content (AvgIpc) is 2.86. The number of rotatable bonds is 0. The Morgan fingerprint density at radius 3 is 1.81 bits per heavy atom. The number of allylic oxidation sites excluding steroid dienone is 8. The Kier molecular flexibility index (Phi) is 2.18. The van der Waals surface area contributed by atoms with Gasteiger partial charge in [0.05, 0.1) is 0 Å². The van der Waals surface area contributed by atoms with E-state index in [4.69, 9.17) is 0 Å². The first-order valence-corrected chi connectivity index (χ1v) is 17.0. The van der Waals surface area contributed by atoms with Crippen molar-refractivity contribution in [3.8, 4) is 0 Å². The third-order valence-electron chi connectivity index (χ3n) is 4.72. The van der Waals surface area contributed by atoms with E-state index in [0.717, 1.165) is 0 Å². The van der Waals surface area contributed by atoms with Gasteiger partial charge in [-0.3, -0.25) is 0 Å². The Labute approximate surface area is 103 Å². The van der Waals surface area contributed by atoms with Crippen LogP contribution in [0, 0.1) is 5.41 Å². The molecule has 84 valence electrons. The molecule has 2 aliphatic carbocycles. The summed E-state index contributed by atoms with van der Waals surface area (Å²) < 4.78 is 8.99. The standard InChI is InChI=1S/C13H14.2CH3.Hf/c1-13(2,11-7-3-4-8-11)12-9-5-6-10-12;;;/h3,5,7,9H,4,6H2,1-2H3;2*1H3;. The molecule has 0 fully saturated rings. The summed E-state index contributed by atoms with van der Waals surface area (Å²) in [6.45, 7) is 4.82. The first-order chi connectivity index (χ1) is 7.45. The van der Waals surface area contributed by atoms with Crippen molar-refractivity contribution in [3.05, 3.63) is 42.1 Å². The summed E-state index contributed by atoms with van der Waals surface area (Å²) in [6.07, 6.45) is 12.1. The molecule has 0 radical (unpaired) electrons. The van der Waals surface area contributed by atoms with Crippen molar-refractivity contribution in [2.75, 3.05) is 0 Å². The molecule has 3 aliphatic rings. The van der Waals surface area contributed by atoms with Gasteiger partial charge in [0.15, 0.2) is 0 Å². The van der Waals surface area contributed by atoms with Gasteiger partial charge in [-0.2, -0.15) is 0 Å². The Morgan fingerprint density at radius 2 is 1.38 bits per heavy atom. The average molecular weight is 379 g/mol. The van der Waals surface area contributed by atoms with Crippen molar-refractivity contribution >= 4 is 0 Å². The van der Waals surface area contributed by atoms with Gasteiger partial charge in [0, 0.05) is 0 Å². The monoisotopic (exact) mass is 380 g/mol. The van der Waals surface area contributed by atoms with Crippen molar-refractivity contribution < 1.29 is 20.0 Å². The molecule has 0 saturated carbocycles. The molecule has 16 heavy (non-hydrogen) atoms. The molecular formula is C15H20Hf. The van der Waals surface area contributed by atoms with Crippen molar-refractivity contribution in [2.45, 2.75) is 36.0 Å². The van der Waals surface area contributed by atoms with Gasteiger partial charge in [-0.05, 0) is 0 Å². The number of hydrogen-bond acceptors (Lipinski definition) is 0. The van der Waals surface area contributed by atoms with Crippen molar-refractivity contribution in [3.63, 3.8) is 0 Å². The Morgan fingerprint density at radius 1 is 0.938 bits per heavy atom. The van der Waals surface area contributed by atoms with Gasteiger partial charge in [0.25, 0.3) is 0 Å². The SMILES string of the molecule is CC1(C)C2=[C](CC=C2)[Hf]([CH3])([CH3])[C]2=C1C=CC2. The van der Waals surface area contributed by atoms with Gasteiger partial charge in [0.1, 0.15) is 0 Å². The summed E-state index contributed by atoms with van der Waals surface area (Å²) in [4.78, 5) is 0. The third-order valence-corrected chi connectivity index (χ3v) is 19.0. The Bertz CT molecular complexity index is 440. The van der Waals surface area contributed by atoms with Crippen LogP contribution in [0.5, 0.6) is 0 Å². The van der Waals surface area contributed by atoms with Gasteiger partial charge in [-0.15, -0.1) is 0 Å². The van der Waals surface area contributed by atoms with Crippen LogP contribution < -0.4 is 0 Å². The second-order valence-electron chi connectivity index (χ2n) is 6.25. The van der Waals surface area contributed by atoms with E-state index in [0.29, 0.717) is 0 Å². The van der Waals surface area contributed by atoms with Crippen LogP contribution in [0.1, 0.15) is 26.7 Å². The van der Waals surface area contributed by atoms with Crippen LogP contribution in [-0.4, -0.2) is 0 Å². The third kappa shape index (κ3) is 1.19. The van der Waals surface area contributed by atoms with E-state index in [1.807, 2.05) is 6.66 Å². The topological polar surface area (TPSA) is 0 Å². The fourth-order valence-corrected chi connectivity index (χ4v) is 17.2. The van der Waals surface area contributed by atoms with E-state index in [1.54, 1.807) is 11.1 Å². The fraction of sp³-hybridized carbons (Fsp3) is 0.467. The summed E-state index contributed by atoms with van der Waals surface area (Å²) >= 11 is -2.25. The van der Waals surface area contributed by atoms with Crippen LogP contribution in [0.25, 0.3) is 0 Å². The summed E-state index contributed by atoms with van der Waals surface area (Å²) in [6, 6.07) is 0. The predicted molar refractivity (Wildman–Crippen MR) is 67.1 cm³/mol. The van der Waals surface area contributed by atoms with Gasteiger partial charge in [-0.25, -0.2) is 0 Å². The second-order valence-corrected chi connectivity index (χ2v) is 22.3. The van der Waals surface area contributed by atoms with E-state index < -0.39 is 20.0 Å². The normalized spacial score (nSPS) is 28.8. The summed E-state index contributed by atoms with van der Waals surface area (Å²) in [5.74, 6) is 0. The maximum atomic E-state index is 2.62. The molecule has 3 rings (SSSR count). The Balaban J connectivity index is 2.26. The molecular weight excluding hydrogens is 359 g/mol. The van der Waals surface area contributed by atoms with Crippen LogP contribution in [0.3, 0.4) is 0 Å². The molecule has 1 heterocycles. The Hall–Kier alpha value is -0.170. The minimum atomic E-state index is -2.25. The van der Waals surface area contributed by atoms with Crippen LogP contribution in [0.4, 0.5) is 0 Å². The van der Waals surface area contributed by atoms with Crippen molar-refractivity contribution in [1.29, 1.82) is 0 Å². The fourth-order valence-electron chi connectivity index (χ4n) is 3.69. The second kappa shape index (κ2) is 3.19. The van der Waals surface area contributed by atoms with E-state index in [2.05, 4.69) is 47.5 Å². The summed E-state index contributed by atoms with van der Waals surface area (Å²) in [7, 11) is 0. The maximum absolute atomic E-state index is 2.62. The van der Waals surface area contributed by atoms with Crippen LogP contribution in [0.2, 0.25) is 9.36 Å². The quantitative estimate of drug-likeness (QED) is 0.536. The molecule has 0 bridgehead atoms. The molecule has 0 atom stereocenters. The zero-order valence-corrected chi connectivity index (χ0v) is 14.3. The van der Waals surface area contributed by atoms with Crippen molar-refractivity contribution in [2.24, 2.45) is 5.41 Å². The molecule has 1 heteroatoms. The van der Waals surface area contributed by atoms with Crippen LogP contribution in [0.15, 0.2) is 42.1 Å². The molecule has 0 saturated heterocycles. The van der Waals surface area contributed by atoms with Gasteiger partial charge in [0.2, 0.25) is 0 Å². The molecule has 0 unspecified atom stereocenters. The molecule has 1 aliphatic heterocycles. The van der Waals surface area contributed by atoms with E-state index in [-0.39, 0.29) is 5.41 Å². The first kappa shape index (κ1) is 11.0. The zero-order valence-electron chi connectivity index (χ0n) is 10.7. The first-order valence-electron chi connectivity index (χ1n) is 6.27. The van der Waals surface area contributed by atoms with E-state index >= 15 is 0 Å². The predicted octanol–water partition coefficient (Wildman–Crippen LogP) is 4.70. The molecule has 0 aromatic carbocycles. The zero-order chi connectivity index (χ0) is 11.6. The van der Waals surface area contributed by atoms with Crippen LogP contribution in [-0.2, 0) is 20.0 Å². The molecule has 0 N–H and O–H groups in total. The summed E-state index contributed by atoms with van der Waals surface area (Å²) in [5, 5.41) is 0. The molecule has 0 nitrogen and oxygen atoms in total. The molecule has 0 aromatic heterocycles.